The zero-order valence-corrected chi connectivity index (χ0v) is 15.2. The first-order valence-electron chi connectivity index (χ1n) is 8.93. The van der Waals surface area contributed by atoms with Crippen molar-refractivity contribution in [3.05, 3.63) is 102 Å². The van der Waals surface area contributed by atoms with Crippen LogP contribution >= 0.6 is 0 Å². The fourth-order valence-electron chi connectivity index (χ4n) is 3.00. The molecule has 0 bridgehead atoms. The second kappa shape index (κ2) is 8.79. The molecule has 27 heavy (non-hydrogen) atoms. The lowest BCUT2D eigenvalue weighted by molar-refractivity contribution is -0.704. The van der Waals surface area contributed by atoms with Crippen LogP contribution in [0.25, 0.3) is 0 Å². The van der Waals surface area contributed by atoms with Crippen molar-refractivity contribution in [2.45, 2.75) is 19.0 Å². The van der Waals surface area contributed by atoms with Crippen molar-refractivity contribution in [1.82, 2.24) is 0 Å². The SMILES string of the molecule is C[C@@H]([NH2+]C(c1ccccc1)c1ccccc1)C(=O)Nc1ccc(C#N)cc1. The monoisotopic (exact) mass is 356 g/mol. The molecule has 0 aliphatic rings. The maximum Gasteiger partial charge on any atom is 0.282 e. The van der Waals surface area contributed by atoms with Crippen LogP contribution in [-0.2, 0) is 4.79 Å². The Hall–Kier alpha value is -3.42. The van der Waals surface area contributed by atoms with Gasteiger partial charge in [-0.25, -0.2) is 0 Å². The molecule has 0 aromatic heterocycles. The fraction of sp³-hybridized carbons (Fsp3) is 0.130. The van der Waals surface area contributed by atoms with Crippen molar-refractivity contribution in [1.29, 1.82) is 5.26 Å². The number of anilines is 1. The predicted octanol–water partition coefficient (Wildman–Crippen LogP) is 3.24. The van der Waals surface area contributed by atoms with Gasteiger partial charge in [-0.05, 0) is 31.2 Å². The van der Waals surface area contributed by atoms with Gasteiger partial charge in [0.2, 0.25) is 0 Å². The third kappa shape index (κ3) is 4.81. The molecule has 1 atom stereocenters. The molecule has 3 N–H and O–H groups in total. The highest BCUT2D eigenvalue weighted by Gasteiger charge is 2.24. The standard InChI is InChI=1S/C23H21N3O/c1-17(23(27)26-21-14-12-18(16-24)13-15-21)25-22(19-8-4-2-5-9-19)20-10-6-3-7-11-20/h2-15,17,22,25H,1H3,(H,26,27)/p+1/t17-/m1/s1. The maximum absolute atomic E-state index is 12.7. The minimum absolute atomic E-state index is 0.0362. The van der Waals surface area contributed by atoms with Gasteiger partial charge in [-0.2, -0.15) is 5.26 Å². The topological polar surface area (TPSA) is 69.5 Å². The average molecular weight is 356 g/mol. The van der Waals surface area contributed by atoms with Gasteiger partial charge in [-0.15, -0.1) is 0 Å². The van der Waals surface area contributed by atoms with Crippen LogP contribution in [0.5, 0.6) is 0 Å². The number of carbonyl (C=O) groups excluding carboxylic acids is 1. The Kier molecular flexibility index (Phi) is 5.98. The van der Waals surface area contributed by atoms with E-state index in [1.54, 1.807) is 24.3 Å². The fourth-order valence-corrected chi connectivity index (χ4v) is 3.00. The Morgan fingerprint density at radius 3 is 1.89 bits per heavy atom. The number of nitrogens with two attached hydrogens (primary N) is 1. The highest BCUT2D eigenvalue weighted by atomic mass is 16.2. The van der Waals surface area contributed by atoms with E-state index >= 15 is 0 Å². The number of hydrogen-bond acceptors (Lipinski definition) is 2. The van der Waals surface area contributed by atoms with Crippen molar-refractivity contribution in [3.63, 3.8) is 0 Å². The van der Waals surface area contributed by atoms with Gasteiger partial charge in [0.15, 0.2) is 6.04 Å². The Morgan fingerprint density at radius 1 is 0.889 bits per heavy atom. The van der Waals surface area contributed by atoms with Crippen molar-refractivity contribution < 1.29 is 10.1 Å². The number of nitriles is 1. The minimum Gasteiger partial charge on any atom is -0.326 e. The zero-order valence-electron chi connectivity index (χ0n) is 15.2. The maximum atomic E-state index is 12.7. The predicted molar refractivity (Wildman–Crippen MR) is 106 cm³/mol. The first-order chi connectivity index (χ1) is 13.2. The summed E-state index contributed by atoms with van der Waals surface area (Å²) in [6.45, 7) is 1.90. The molecule has 0 saturated carbocycles. The van der Waals surface area contributed by atoms with Gasteiger partial charge in [0.1, 0.15) is 6.04 Å². The smallest absolute Gasteiger partial charge is 0.282 e. The van der Waals surface area contributed by atoms with Gasteiger partial charge in [0.25, 0.3) is 5.91 Å². The molecule has 4 nitrogen and oxygen atoms in total. The second-order valence-corrected chi connectivity index (χ2v) is 6.46. The van der Waals surface area contributed by atoms with Crippen LogP contribution in [0.15, 0.2) is 84.9 Å². The van der Waals surface area contributed by atoms with E-state index < -0.39 is 0 Å². The lowest BCUT2D eigenvalue weighted by Gasteiger charge is -2.20. The average Bonchev–Trinajstić information content (AvgIpc) is 2.73. The number of nitrogens with zero attached hydrogens (tertiary/aromatic N) is 1. The lowest BCUT2D eigenvalue weighted by Crippen LogP contribution is -2.92. The summed E-state index contributed by atoms with van der Waals surface area (Å²) in [4.78, 5) is 12.7. The summed E-state index contributed by atoms with van der Waals surface area (Å²) in [5, 5.41) is 13.9. The van der Waals surface area contributed by atoms with E-state index in [1.165, 1.54) is 0 Å². The van der Waals surface area contributed by atoms with Crippen LogP contribution < -0.4 is 10.6 Å². The zero-order chi connectivity index (χ0) is 19.1. The number of amides is 1. The summed E-state index contributed by atoms with van der Waals surface area (Å²) in [6.07, 6.45) is 0. The van der Waals surface area contributed by atoms with Crippen LogP contribution in [0.2, 0.25) is 0 Å². The van der Waals surface area contributed by atoms with Gasteiger partial charge < -0.3 is 10.6 Å². The van der Waals surface area contributed by atoms with Crippen molar-refractivity contribution in [2.24, 2.45) is 0 Å². The minimum atomic E-state index is -0.286. The first kappa shape index (κ1) is 18.4. The van der Waals surface area contributed by atoms with Gasteiger partial charge in [-0.3, -0.25) is 4.79 Å². The number of hydrogen-bond donors (Lipinski definition) is 2. The molecule has 0 aliphatic carbocycles. The highest BCUT2D eigenvalue weighted by molar-refractivity contribution is 5.93. The molecule has 3 aromatic carbocycles. The van der Waals surface area contributed by atoms with Gasteiger partial charge in [0, 0.05) is 16.8 Å². The molecule has 0 spiro atoms. The van der Waals surface area contributed by atoms with Crippen LogP contribution in [0.4, 0.5) is 5.69 Å². The number of rotatable bonds is 6. The van der Waals surface area contributed by atoms with Gasteiger partial charge in [-0.1, -0.05) is 60.7 Å². The van der Waals surface area contributed by atoms with Crippen LogP contribution in [0.3, 0.4) is 0 Å². The van der Waals surface area contributed by atoms with Gasteiger partial charge >= 0.3 is 0 Å². The van der Waals surface area contributed by atoms with Crippen molar-refractivity contribution in [2.75, 3.05) is 5.32 Å². The Balaban J connectivity index is 1.74. The molecule has 0 aliphatic heterocycles. The summed E-state index contributed by atoms with van der Waals surface area (Å²) in [5.74, 6) is -0.0726. The van der Waals surface area contributed by atoms with E-state index in [0.717, 1.165) is 11.1 Å². The molecule has 0 heterocycles. The second-order valence-electron chi connectivity index (χ2n) is 6.46. The molecule has 3 aromatic rings. The largest absolute Gasteiger partial charge is 0.326 e. The highest BCUT2D eigenvalue weighted by Crippen LogP contribution is 2.18. The Morgan fingerprint density at radius 2 is 1.41 bits per heavy atom. The Labute approximate surface area is 159 Å². The third-order valence-corrected chi connectivity index (χ3v) is 4.49. The number of nitrogens with one attached hydrogen (secondary N) is 1. The molecule has 0 unspecified atom stereocenters. The summed E-state index contributed by atoms with van der Waals surface area (Å²) in [7, 11) is 0. The number of quaternary nitrogens is 1. The van der Waals surface area contributed by atoms with Crippen LogP contribution in [0, 0.1) is 11.3 Å². The Bertz CT molecular complexity index is 876. The van der Waals surface area contributed by atoms with Crippen molar-refractivity contribution >= 4 is 11.6 Å². The molecular weight excluding hydrogens is 334 g/mol. The molecule has 3 rings (SSSR count). The molecular formula is C23H22N3O+. The molecule has 1 amide bonds. The summed E-state index contributed by atoms with van der Waals surface area (Å²) < 4.78 is 0. The molecule has 0 fully saturated rings. The summed E-state index contributed by atoms with van der Waals surface area (Å²) >= 11 is 0. The molecule has 0 radical (unpaired) electrons. The molecule has 0 saturated heterocycles. The van der Waals surface area contributed by atoms with E-state index in [9.17, 15) is 4.79 Å². The van der Waals surface area contributed by atoms with E-state index in [-0.39, 0.29) is 18.0 Å². The molecule has 4 heteroatoms. The van der Waals surface area contributed by atoms with E-state index in [2.05, 4.69) is 41.0 Å². The number of carbonyl (C=O) groups is 1. The summed E-state index contributed by atoms with van der Waals surface area (Å²) in [5.41, 5.74) is 3.57. The van der Waals surface area contributed by atoms with E-state index in [1.807, 2.05) is 43.3 Å². The molecule has 134 valence electrons. The first-order valence-corrected chi connectivity index (χ1v) is 8.93. The quantitative estimate of drug-likeness (QED) is 0.712. The van der Waals surface area contributed by atoms with Crippen LogP contribution in [0.1, 0.15) is 29.7 Å². The summed E-state index contributed by atoms with van der Waals surface area (Å²) in [6, 6.07) is 29.1. The normalized spacial score (nSPS) is 11.6. The van der Waals surface area contributed by atoms with E-state index in [0.29, 0.717) is 11.3 Å². The van der Waals surface area contributed by atoms with Crippen molar-refractivity contribution in [3.8, 4) is 6.07 Å². The van der Waals surface area contributed by atoms with E-state index in [4.69, 9.17) is 5.26 Å². The third-order valence-electron chi connectivity index (χ3n) is 4.49. The lowest BCUT2D eigenvalue weighted by atomic mass is 9.98. The number of benzene rings is 3. The van der Waals surface area contributed by atoms with Crippen LogP contribution in [-0.4, -0.2) is 11.9 Å². The van der Waals surface area contributed by atoms with Gasteiger partial charge in [0.05, 0.1) is 11.6 Å².